The zero-order valence-corrected chi connectivity index (χ0v) is 13.1. The minimum Gasteiger partial charge on any atom is -0.317 e. The molecule has 1 aromatic carbocycles. The second-order valence-electron chi connectivity index (χ2n) is 6.09. The van der Waals surface area contributed by atoms with E-state index >= 15 is 0 Å². The quantitative estimate of drug-likeness (QED) is 0.699. The molecule has 0 atom stereocenters. The van der Waals surface area contributed by atoms with E-state index in [4.69, 9.17) is 0 Å². The van der Waals surface area contributed by atoms with Crippen LogP contribution >= 0.6 is 0 Å². The van der Waals surface area contributed by atoms with Gasteiger partial charge in [-0.25, -0.2) is 4.39 Å². The molecule has 0 aromatic heterocycles. The van der Waals surface area contributed by atoms with Crippen LogP contribution in [0.3, 0.4) is 0 Å². The molecule has 0 saturated carbocycles. The molecule has 1 aromatic rings. The maximum absolute atomic E-state index is 12.8. The van der Waals surface area contributed by atoms with Gasteiger partial charge in [-0.3, -0.25) is 0 Å². The average Bonchev–Trinajstić information content (AvgIpc) is 2.53. The Morgan fingerprint density at radius 2 is 1.62 bits per heavy atom. The van der Waals surface area contributed by atoms with Crippen LogP contribution in [0.2, 0.25) is 0 Å². The molecule has 2 rings (SSSR count). The van der Waals surface area contributed by atoms with Crippen LogP contribution in [0.5, 0.6) is 0 Å². The van der Waals surface area contributed by atoms with Crippen molar-refractivity contribution >= 4 is 0 Å². The Balaban J connectivity index is 1.40. The Labute approximate surface area is 128 Å². The van der Waals surface area contributed by atoms with Gasteiger partial charge in [0, 0.05) is 0 Å². The monoisotopic (exact) mass is 292 g/mol. The van der Waals surface area contributed by atoms with Gasteiger partial charge >= 0.3 is 0 Å². The van der Waals surface area contributed by atoms with E-state index in [2.05, 4.69) is 10.2 Å². The van der Waals surface area contributed by atoms with Crippen LogP contribution in [-0.2, 0) is 6.42 Å². The number of halogens is 1. The summed E-state index contributed by atoms with van der Waals surface area (Å²) in [6, 6.07) is 6.88. The highest BCUT2D eigenvalue weighted by Crippen LogP contribution is 2.08. The molecule has 0 aliphatic carbocycles. The summed E-state index contributed by atoms with van der Waals surface area (Å²) >= 11 is 0. The average molecular weight is 292 g/mol. The van der Waals surface area contributed by atoms with Crippen molar-refractivity contribution in [3.8, 4) is 0 Å². The molecular weight excluding hydrogens is 263 g/mol. The van der Waals surface area contributed by atoms with Crippen LogP contribution < -0.4 is 5.32 Å². The number of nitrogens with zero attached hydrogens (tertiary/aromatic N) is 1. The molecule has 0 amide bonds. The van der Waals surface area contributed by atoms with Crippen molar-refractivity contribution in [2.75, 3.05) is 32.7 Å². The number of likely N-dealkylation sites (tertiary alicyclic amines) is 1. The second-order valence-corrected chi connectivity index (χ2v) is 6.09. The van der Waals surface area contributed by atoms with Crippen LogP contribution in [0, 0.1) is 5.82 Å². The van der Waals surface area contributed by atoms with E-state index in [0.29, 0.717) is 0 Å². The van der Waals surface area contributed by atoms with E-state index in [1.165, 1.54) is 63.7 Å². The van der Waals surface area contributed by atoms with Crippen molar-refractivity contribution in [3.63, 3.8) is 0 Å². The lowest BCUT2D eigenvalue weighted by atomic mass is 10.1. The number of piperidine rings is 1. The fraction of sp³-hybridized carbons (Fsp3) is 0.667. The highest BCUT2D eigenvalue weighted by atomic mass is 19.1. The minimum absolute atomic E-state index is 0.144. The molecule has 0 bridgehead atoms. The molecule has 0 radical (unpaired) electrons. The number of unbranched alkanes of at least 4 members (excludes halogenated alkanes) is 1. The number of hydrogen-bond acceptors (Lipinski definition) is 2. The largest absolute Gasteiger partial charge is 0.317 e. The van der Waals surface area contributed by atoms with Crippen LogP contribution in [-0.4, -0.2) is 37.6 Å². The lowest BCUT2D eigenvalue weighted by molar-refractivity contribution is 0.226. The Kier molecular flexibility index (Phi) is 7.76. The SMILES string of the molecule is Fc1ccc(CCCCNCCCN2CCCCC2)cc1. The highest BCUT2D eigenvalue weighted by molar-refractivity contribution is 5.15. The van der Waals surface area contributed by atoms with E-state index in [0.717, 1.165) is 19.5 Å². The molecule has 1 heterocycles. The fourth-order valence-electron chi connectivity index (χ4n) is 2.97. The molecular formula is C18H29FN2. The summed E-state index contributed by atoms with van der Waals surface area (Å²) in [6.45, 7) is 6.09. The summed E-state index contributed by atoms with van der Waals surface area (Å²) in [4.78, 5) is 2.60. The van der Waals surface area contributed by atoms with Crippen molar-refractivity contribution in [1.82, 2.24) is 10.2 Å². The Bertz CT molecular complexity index is 371. The predicted octanol–water partition coefficient (Wildman–Crippen LogP) is 3.61. The molecule has 3 heteroatoms. The van der Waals surface area contributed by atoms with Gasteiger partial charge in [-0.2, -0.15) is 0 Å². The van der Waals surface area contributed by atoms with Gasteiger partial charge in [0.05, 0.1) is 0 Å². The number of rotatable bonds is 9. The topological polar surface area (TPSA) is 15.3 Å². The zero-order chi connectivity index (χ0) is 14.8. The second kappa shape index (κ2) is 9.91. The van der Waals surface area contributed by atoms with Gasteiger partial charge in [-0.05, 0) is 88.9 Å². The van der Waals surface area contributed by atoms with Gasteiger partial charge in [0.1, 0.15) is 5.82 Å². The van der Waals surface area contributed by atoms with E-state index in [1.54, 1.807) is 12.1 Å². The third-order valence-corrected chi connectivity index (χ3v) is 4.26. The molecule has 0 unspecified atom stereocenters. The summed E-state index contributed by atoms with van der Waals surface area (Å²) < 4.78 is 12.8. The predicted molar refractivity (Wildman–Crippen MR) is 87.1 cm³/mol. The van der Waals surface area contributed by atoms with Gasteiger partial charge in [-0.1, -0.05) is 18.6 Å². The van der Waals surface area contributed by atoms with Crippen molar-refractivity contribution < 1.29 is 4.39 Å². The lowest BCUT2D eigenvalue weighted by Gasteiger charge is -2.26. The number of nitrogens with one attached hydrogen (secondary N) is 1. The molecule has 1 aliphatic rings. The zero-order valence-electron chi connectivity index (χ0n) is 13.1. The van der Waals surface area contributed by atoms with Crippen molar-refractivity contribution in [2.45, 2.75) is 44.9 Å². The van der Waals surface area contributed by atoms with Gasteiger partial charge in [0.2, 0.25) is 0 Å². The Hall–Kier alpha value is -0.930. The summed E-state index contributed by atoms with van der Waals surface area (Å²) in [6.07, 6.45) is 8.87. The molecule has 0 spiro atoms. The third kappa shape index (κ3) is 7.05. The van der Waals surface area contributed by atoms with E-state index in [9.17, 15) is 4.39 Å². The normalized spacial score (nSPS) is 16.2. The highest BCUT2D eigenvalue weighted by Gasteiger charge is 2.08. The van der Waals surface area contributed by atoms with Crippen LogP contribution in [0.4, 0.5) is 4.39 Å². The first-order valence-electron chi connectivity index (χ1n) is 8.52. The molecule has 1 aliphatic heterocycles. The molecule has 1 N–H and O–H groups in total. The van der Waals surface area contributed by atoms with Gasteiger partial charge < -0.3 is 10.2 Å². The number of benzene rings is 1. The van der Waals surface area contributed by atoms with Crippen LogP contribution in [0.25, 0.3) is 0 Å². The molecule has 2 nitrogen and oxygen atoms in total. The van der Waals surface area contributed by atoms with Crippen molar-refractivity contribution in [3.05, 3.63) is 35.6 Å². The van der Waals surface area contributed by atoms with E-state index in [1.807, 2.05) is 12.1 Å². The first-order valence-corrected chi connectivity index (χ1v) is 8.52. The number of hydrogen-bond donors (Lipinski definition) is 1. The van der Waals surface area contributed by atoms with Crippen LogP contribution in [0.15, 0.2) is 24.3 Å². The summed E-state index contributed by atoms with van der Waals surface area (Å²) in [5.74, 6) is -0.144. The molecule has 1 saturated heterocycles. The molecule has 21 heavy (non-hydrogen) atoms. The Morgan fingerprint density at radius 1 is 0.905 bits per heavy atom. The van der Waals surface area contributed by atoms with Crippen molar-refractivity contribution in [2.24, 2.45) is 0 Å². The molecule has 118 valence electrons. The summed E-state index contributed by atoms with van der Waals surface area (Å²) in [7, 11) is 0. The van der Waals surface area contributed by atoms with Gasteiger partial charge in [0.25, 0.3) is 0 Å². The lowest BCUT2D eigenvalue weighted by Crippen LogP contribution is -2.32. The van der Waals surface area contributed by atoms with Crippen molar-refractivity contribution in [1.29, 1.82) is 0 Å². The standard InChI is InChI=1S/C18H29FN2/c19-18-10-8-17(9-11-18)7-2-3-12-20-13-6-16-21-14-4-1-5-15-21/h8-11,20H,1-7,12-16H2. The summed E-state index contributed by atoms with van der Waals surface area (Å²) in [5, 5.41) is 3.53. The summed E-state index contributed by atoms with van der Waals surface area (Å²) in [5.41, 5.74) is 1.24. The van der Waals surface area contributed by atoms with Crippen LogP contribution in [0.1, 0.15) is 44.1 Å². The minimum atomic E-state index is -0.144. The number of aryl methyl sites for hydroxylation is 1. The van der Waals surface area contributed by atoms with E-state index < -0.39 is 0 Å². The first-order chi connectivity index (χ1) is 10.3. The molecule has 1 fully saturated rings. The first kappa shape index (κ1) is 16.4. The van der Waals surface area contributed by atoms with Gasteiger partial charge in [0.15, 0.2) is 0 Å². The Morgan fingerprint density at radius 3 is 2.38 bits per heavy atom. The fourth-order valence-corrected chi connectivity index (χ4v) is 2.97. The third-order valence-electron chi connectivity index (χ3n) is 4.26. The maximum Gasteiger partial charge on any atom is 0.123 e. The maximum atomic E-state index is 12.8. The van der Waals surface area contributed by atoms with E-state index in [-0.39, 0.29) is 5.82 Å². The van der Waals surface area contributed by atoms with Gasteiger partial charge in [-0.15, -0.1) is 0 Å². The smallest absolute Gasteiger partial charge is 0.123 e.